The van der Waals surface area contributed by atoms with Crippen molar-refractivity contribution in [3.8, 4) is 22.4 Å². The van der Waals surface area contributed by atoms with Crippen molar-refractivity contribution in [1.29, 1.82) is 0 Å². The maximum atomic E-state index is 4.99. The summed E-state index contributed by atoms with van der Waals surface area (Å²) in [5, 5.41) is 12.6. The fourth-order valence-corrected chi connectivity index (χ4v) is 3.80. The summed E-state index contributed by atoms with van der Waals surface area (Å²) in [4.78, 5) is 12.4. The van der Waals surface area contributed by atoms with Crippen LogP contribution in [0.25, 0.3) is 33.3 Å². The minimum absolute atomic E-state index is 0.801. The zero-order valence-electron chi connectivity index (χ0n) is 17.9. The lowest BCUT2D eigenvalue weighted by Gasteiger charge is -2.12. The molecule has 0 aliphatic carbocycles. The monoisotopic (exact) mass is 420 g/mol. The average Bonchev–Trinajstić information content (AvgIpc) is 3.27. The maximum absolute atomic E-state index is 4.99. The number of H-pyrrole nitrogens is 1. The number of aryl methyl sites for hydroxylation is 1. The number of rotatable bonds is 7. The first-order valence-electron chi connectivity index (χ1n) is 10.7. The van der Waals surface area contributed by atoms with Gasteiger partial charge in [0.25, 0.3) is 0 Å². The van der Waals surface area contributed by atoms with Crippen LogP contribution < -0.4 is 5.32 Å². The van der Waals surface area contributed by atoms with Crippen LogP contribution in [0.2, 0.25) is 0 Å². The summed E-state index contributed by atoms with van der Waals surface area (Å²) in [5.41, 5.74) is 6.52. The number of pyridine rings is 2. The van der Waals surface area contributed by atoms with E-state index in [1.165, 1.54) is 5.56 Å². The summed E-state index contributed by atoms with van der Waals surface area (Å²) in [5.74, 6) is 1.76. The highest BCUT2D eigenvalue weighted by atomic mass is 15.2. The Balaban J connectivity index is 1.36. The number of aromatic nitrogens is 5. The Kier molecular flexibility index (Phi) is 5.68. The quantitative estimate of drug-likeness (QED) is 0.372. The van der Waals surface area contributed by atoms with Gasteiger partial charge in [0.15, 0.2) is 0 Å². The van der Waals surface area contributed by atoms with Gasteiger partial charge in [-0.2, -0.15) is 0 Å². The first kappa shape index (κ1) is 20.0. The molecule has 0 amide bonds. The normalized spacial score (nSPS) is 11.2. The molecular formula is C26H24N6. The molecule has 0 radical (unpaired) electrons. The van der Waals surface area contributed by atoms with Crippen molar-refractivity contribution in [1.82, 2.24) is 30.5 Å². The summed E-state index contributed by atoms with van der Waals surface area (Å²) in [6.07, 6.45) is 4.48. The van der Waals surface area contributed by atoms with Gasteiger partial charge in [0.1, 0.15) is 11.6 Å². The predicted molar refractivity (Wildman–Crippen MR) is 127 cm³/mol. The van der Waals surface area contributed by atoms with Crippen molar-refractivity contribution in [3.63, 3.8) is 0 Å². The minimum Gasteiger partial charge on any atom is -0.329 e. The van der Waals surface area contributed by atoms with E-state index >= 15 is 0 Å². The third kappa shape index (κ3) is 4.40. The van der Waals surface area contributed by atoms with Gasteiger partial charge >= 0.3 is 0 Å². The number of hydrogen-bond acceptors (Lipinski definition) is 5. The van der Waals surface area contributed by atoms with Crippen LogP contribution in [0.3, 0.4) is 0 Å². The van der Waals surface area contributed by atoms with Crippen molar-refractivity contribution < 1.29 is 0 Å². The Morgan fingerprint density at radius 1 is 0.906 bits per heavy atom. The van der Waals surface area contributed by atoms with Gasteiger partial charge in [-0.1, -0.05) is 54.6 Å². The Morgan fingerprint density at radius 3 is 2.53 bits per heavy atom. The van der Waals surface area contributed by atoms with Crippen LogP contribution in [0.15, 0.2) is 79.1 Å². The second-order valence-corrected chi connectivity index (χ2v) is 7.80. The molecule has 3 aromatic heterocycles. The lowest BCUT2D eigenvalue weighted by atomic mass is 9.97. The van der Waals surface area contributed by atoms with Gasteiger partial charge in [0, 0.05) is 48.4 Å². The third-order valence-electron chi connectivity index (χ3n) is 5.44. The molecule has 0 spiro atoms. The van der Waals surface area contributed by atoms with Crippen LogP contribution in [0.4, 0.5) is 0 Å². The molecular weight excluding hydrogens is 396 g/mol. The van der Waals surface area contributed by atoms with E-state index in [-0.39, 0.29) is 0 Å². The van der Waals surface area contributed by atoms with E-state index in [0.717, 1.165) is 64.4 Å². The molecule has 6 nitrogen and oxygen atoms in total. The number of aromatic amines is 1. The van der Waals surface area contributed by atoms with E-state index in [1.807, 2.05) is 25.3 Å². The number of nitrogens with one attached hydrogen (secondary N) is 2. The Morgan fingerprint density at radius 2 is 1.75 bits per heavy atom. The smallest absolute Gasteiger partial charge is 0.131 e. The Labute approximate surface area is 186 Å². The fraction of sp³-hybridized carbons (Fsp3) is 0.154. The molecule has 2 N–H and O–H groups in total. The zero-order chi connectivity index (χ0) is 21.8. The van der Waals surface area contributed by atoms with Crippen molar-refractivity contribution in [2.75, 3.05) is 6.54 Å². The van der Waals surface area contributed by atoms with Crippen molar-refractivity contribution in [2.45, 2.75) is 19.9 Å². The van der Waals surface area contributed by atoms with Gasteiger partial charge in [-0.15, -0.1) is 10.2 Å². The molecule has 32 heavy (non-hydrogen) atoms. The molecule has 0 bridgehead atoms. The van der Waals surface area contributed by atoms with E-state index in [4.69, 9.17) is 4.98 Å². The molecule has 158 valence electrons. The summed E-state index contributed by atoms with van der Waals surface area (Å²) >= 11 is 0. The highest BCUT2D eigenvalue weighted by Crippen LogP contribution is 2.33. The first-order valence-corrected chi connectivity index (χ1v) is 10.7. The van der Waals surface area contributed by atoms with Gasteiger partial charge in [-0.3, -0.25) is 4.98 Å². The second-order valence-electron chi connectivity index (χ2n) is 7.80. The molecule has 2 aromatic carbocycles. The van der Waals surface area contributed by atoms with Crippen LogP contribution in [-0.2, 0) is 13.0 Å². The van der Waals surface area contributed by atoms with Gasteiger partial charge < -0.3 is 10.3 Å². The summed E-state index contributed by atoms with van der Waals surface area (Å²) in [7, 11) is 0. The van der Waals surface area contributed by atoms with Crippen molar-refractivity contribution in [2.24, 2.45) is 0 Å². The third-order valence-corrected chi connectivity index (χ3v) is 5.44. The van der Waals surface area contributed by atoms with Gasteiger partial charge in [-0.25, -0.2) is 4.98 Å². The lowest BCUT2D eigenvalue weighted by Crippen LogP contribution is -2.17. The summed E-state index contributed by atoms with van der Waals surface area (Å²) < 4.78 is 0. The molecule has 0 saturated heterocycles. The SMILES string of the molecule is Cc1nnc(CCNCc2ccc(-c3nc4ccncc4cc3-c3ccccc3)cc2)[nH]1. The average molecular weight is 421 g/mol. The van der Waals surface area contributed by atoms with E-state index in [0.29, 0.717) is 0 Å². The van der Waals surface area contributed by atoms with Crippen molar-refractivity contribution in [3.05, 3.63) is 96.3 Å². The number of nitrogens with zero attached hydrogens (tertiary/aromatic N) is 4. The fourth-order valence-electron chi connectivity index (χ4n) is 3.80. The molecule has 0 saturated carbocycles. The van der Waals surface area contributed by atoms with Crippen LogP contribution in [0.5, 0.6) is 0 Å². The van der Waals surface area contributed by atoms with E-state index < -0.39 is 0 Å². The number of hydrogen-bond donors (Lipinski definition) is 2. The Hall–Kier alpha value is -3.90. The molecule has 3 heterocycles. The highest BCUT2D eigenvalue weighted by molar-refractivity contribution is 5.91. The van der Waals surface area contributed by atoms with E-state index in [9.17, 15) is 0 Å². The largest absolute Gasteiger partial charge is 0.329 e. The molecule has 0 atom stereocenters. The first-order chi connectivity index (χ1) is 15.8. The highest BCUT2D eigenvalue weighted by Gasteiger charge is 2.11. The Bertz CT molecular complexity index is 1330. The van der Waals surface area contributed by atoms with Crippen LogP contribution in [0.1, 0.15) is 17.2 Å². The standard InChI is InChI=1S/C26H24N6/c1-18-29-25(32-31-18)12-14-27-16-19-7-9-21(10-8-19)26-23(20-5-3-2-4-6-20)15-22-17-28-13-11-24(22)30-26/h2-11,13,15,17,27H,12,14,16H2,1H3,(H,29,31,32). The van der Waals surface area contributed by atoms with E-state index in [2.05, 4.69) is 80.1 Å². The number of fused-ring (bicyclic) bond motifs is 1. The zero-order valence-corrected chi connectivity index (χ0v) is 17.9. The topological polar surface area (TPSA) is 79.4 Å². The summed E-state index contributed by atoms with van der Waals surface area (Å²) in [6, 6.07) is 23.2. The number of benzene rings is 2. The molecule has 5 rings (SSSR count). The molecule has 5 aromatic rings. The van der Waals surface area contributed by atoms with Crippen LogP contribution in [-0.4, -0.2) is 31.7 Å². The molecule has 6 heteroatoms. The van der Waals surface area contributed by atoms with Crippen LogP contribution in [0, 0.1) is 6.92 Å². The molecule has 0 aliphatic rings. The lowest BCUT2D eigenvalue weighted by molar-refractivity contribution is 0.671. The molecule has 0 unspecified atom stereocenters. The van der Waals surface area contributed by atoms with Gasteiger partial charge in [-0.05, 0) is 30.2 Å². The maximum Gasteiger partial charge on any atom is 0.131 e. The molecule has 0 aliphatic heterocycles. The molecule has 0 fully saturated rings. The summed E-state index contributed by atoms with van der Waals surface area (Å²) in [6.45, 7) is 3.56. The van der Waals surface area contributed by atoms with Crippen LogP contribution >= 0.6 is 0 Å². The minimum atomic E-state index is 0.801. The predicted octanol–water partition coefficient (Wildman–Crippen LogP) is 4.72. The van der Waals surface area contributed by atoms with E-state index in [1.54, 1.807) is 6.20 Å². The second kappa shape index (κ2) is 9.08. The van der Waals surface area contributed by atoms with Crippen molar-refractivity contribution >= 4 is 10.9 Å². The van der Waals surface area contributed by atoms with Gasteiger partial charge in [0.05, 0.1) is 11.2 Å². The van der Waals surface area contributed by atoms with Gasteiger partial charge in [0.2, 0.25) is 0 Å².